The van der Waals surface area contributed by atoms with Gasteiger partial charge in [0.15, 0.2) is 10.7 Å². The number of ether oxygens (including phenoxy) is 1. The lowest BCUT2D eigenvalue weighted by atomic mass is 10.2. The van der Waals surface area contributed by atoms with Crippen molar-refractivity contribution in [1.82, 2.24) is 4.98 Å². The number of nitrogens with zero attached hydrogens (tertiary/aromatic N) is 3. The van der Waals surface area contributed by atoms with E-state index in [0.29, 0.717) is 17.3 Å². The fourth-order valence-corrected chi connectivity index (χ4v) is 2.94. The Morgan fingerprint density at radius 2 is 1.96 bits per heavy atom. The van der Waals surface area contributed by atoms with Gasteiger partial charge in [-0.25, -0.2) is 9.37 Å². The lowest BCUT2D eigenvalue weighted by molar-refractivity contribution is 0.340. The minimum atomic E-state index is -0.303. The molecular weight excluding hydrogens is 351 g/mol. The first kappa shape index (κ1) is 17.6. The number of halogens is 1. The molecule has 0 fully saturated rings. The number of anilines is 1. The van der Waals surface area contributed by atoms with Gasteiger partial charge in [-0.2, -0.15) is 10.4 Å². The zero-order valence-corrected chi connectivity index (χ0v) is 14.8. The van der Waals surface area contributed by atoms with E-state index >= 15 is 0 Å². The third kappa shape index (κ3) is 4.23. The van der Waals surface area contributed by atoms with Gasteiger partial charge in [-0.1, -0.05) is 0 Å². The summed E-state index contributed by atoms with van der Waals surface area (Å²) >= 11 is 1.31. The second-order valence-corrected chi connectivity index (χ2v) is 6.04. The number of hydrogen-bond acceptors (Lipinski definition) is 6. The summed E-state index contributed by atoms with van der Waals surface area (Å²) in [6, 6.07) is 15.4. The number of thiazole rings is 1. The van der Waals surface area contributed by atoms with Crippen molar-refractivity contribution in [3.63, 3.8) is 0 Å². The van der Waals surface area contributed by atoms with E-state index in [2.05, 4.69) is 15.5 Å². The summed E-state index contributed by atoms with van der Waals surface area (Å²) in [6.45, 7) is 2.52. The van der Waals surface area contributed by atoms with E-state index in [9.17, 15) is 9.65 Å². The molecule has 0 radical (unpaired) electrons. The highest BCUT2D eigenvalue weighted by molar-refractivity contribution is 7.12. The van der Waals surface area contributed by atoms with Crippen LogP contribution in [0.4, 0.5) is 10.1 Å². The van der Waals surface area contributed by atoms with Crippen LogP contribution in [0.5, 0.6) is 5.75 Å². The van der Waals surface area contributed by atoms with Gasteiger partial charge in [0.1, 0.15) is 17.6 Å². The maximum atomic E-state index is 13.0. The Balaban J connectivity index is 1.75. The Bertz CT molecular complexity index is 943. The first-order chi connectivity index (χ1) is 12.7. The van der Waals surface area contributed by atoms with Crippen LogP contribution in [-0.2, 0) is 0 Å². The van der Waals surface area contributed by atoms with Crippen molar-refractivity contribution in [2.45, 2.75) is 6.92 Å². The molecular formula is C19H15FN4OS. The van der Waals surface area contributed by atoms with Crippen LogP contribution >= 0.6 is 11.3 Å². The molecule has 130 valence electrons. The number of rotatable bonds is 6. The largest absolute Gasteiger partial charge is 0.494 e. The van der Waals surface area contributed by atoms with Gasteiger partial charge in [-0.05, 0) is 55.5 Å². The average Bonchev–Trinajstić information content (AvgIpc) is 3.14. The number of nitrogens with one attached hydrogen (secondary N) is 1. The molecule has 3 aromatic rings. The van der Waals surface area contributed by atoms with Crippen molar-refractivity contribution < 1.29 is 9.13 Å². The topological polar surface area (TPSA) is 70.3 Å². The molecule has 7 heteroatoms. The summed E-state index contributed by atoms with van der Waals surface area (Å²) in [5.74, 6) is 0.467. The van der Waals surface area contributed by atoms with Crippen LogP contribution in [0.1, 0.15) is 11.9 Å². The van der Waals surface area contributed by atoms with Crippen LogP contribution in [0.25, 0.3) is 11.3 Å². The van der Waals surface area contributed by atoms with E-state index in [1.165, 1.54) is 23.5 Å². The number of hydrazone groups is 1. The number of nitriles is 1. The maximum Gasteiger partial charge on any atom is 0.196 e. The highest BCUT2D eigenvalue weighted by Gasteiger charge is 2.10. The summed E-state index contributed by atoms with van der Waals surface area (Å²) in [6.07, 6.45) is 0. The molecule has 0 saturated heterocycles. The minimum absolute atomic E-state index is 0.178. The van der Waals surface area contributed by atoms with Crippen LogP contribution in [0.15, 0.2) is 59.0 Å². The quantitative estimate of drug-likeness (QED) is 0.508. The standard InChI is InChI=1S/C19H15FN4OS/c1-2-25-16-9-7-15(8-10-16)23-24-17(11-21)19-22-18(12-26-19)13-3-5-14(20)6-4-13/h3-10,12,23H,2H2,1H3/b24-17-. The van der Waals surface area contributed by atoms with Crippen molar-refractivity contribution in [2.75, 3.05) is 12.0 Å². The first-order valence-corrected chi connectivity index (χ1v) is 8.76. The average molecular weight is 366 g/mol. The predicted molar refractivity (Wildman–Crippen MR) is 101 cm³/mol. The maximum absolute atomic E-state index is 13.0. The van der Waals surface area contributed by atoms with Gasteiger partial charge in [0.05, 0.1) is 18.0 Å². The van der Waals surface area contributed by atoms with Gasteiger partial charge in [0.25, 0.3) is 0 Å². The number of hydrogen-bond donors (Lipinski definition) is 1. The van der Waals surface area contributed by atoms with E-state index in [-0.39, 0.29) is 11.5 Å². The molecule has 0 bridgehead atoms. The van der Waals surface area contributed by atoms with Crippen molar-refractivity contribution in [3.05, 3.63) is 64.7 Å². The molecule has 0 aliphatic heterocycles. The molecule has 2 aromatic carbocycles. The zero-order valence-electron chi connectivity index (χ0n) is 13.9. The van der Waals surface area contributed by atoms with Crippen molar-refractivity contribution in [2.24, 2.45) is 5.10 Å². The van der Waals surface area contributed by atoms with E-state index in [4.69, 9.17) is 4.74 Å². The van der Waals surface area contributed by atoms with Crippen molar-refractivity contribution in [1.29, 1.82) is 5.26 Å². The Kier molecular flexibility index (Phi) is 5.56. The summed E-state index contributed by atoms with van der Waals surface area (Å²) in [7, 11) is 0. The molecule has 0 atom stereocenters. The van der Waals surface area contributed by atoms with Crippen molar-refractivity contribution >= 4 is 22.7 Å². The highest BCUT2D eigenvalue weighted by atomic mass is 32.1. The van der Waals surface area contributed by atoms with Crippen LogP contribution in [-0.4, -0.2) is 17.3 Å². The monoisotopic (exact) mass is 366 g/mol. The van der Waals surface area contributed by atoms with Crippen LogP contribution in [0, 0.1) is 17.1 Å². The van der Waals surface area contributed by atoms with Crippen LogP contribution in [0.2, 0.25) is 0 Å². The summed E-state index contributed by atoms with van der Waals surface area (Å²) in [4.78, 5) is 4.41. The van der Waals surface area contributed by atoms with Gasteiger partial charge in [0.2, 0.25) is 0 Å². The summed E-state index contributed by atoms with van der Waals surface area (Å²) in [5.41, 5.74) is 5.22. The van der Waals surface area contributed by atoms with Gasteiger partial charge in [-0.15, -0.1) is 11.3 Å². The molecule has 0 amide bonds. The van der Waals surface area contributed by atoms with E-state index in [1.54, 1.807) is 12.1 Å². The molecule has 1 N–H and O–H groups in total. The van der Waals surface area contributed by atoms with E-state index in [0.717, 1.165) is 17.0 Å². The molecule has 1 heterocycles. The SMILES string of the molecule is CCOc1ccc(N/N=C(/C#N)c2nc(-c3ccc(F)cc3)cs2)cc1. The predicted octanol–water partition coefficient (Wildman–Crippen LogP) is 4.69. The molecule has 0 spiro atoms. The summed E-state index contributed by atoms with van der Waals surface area (Å²) < 4.78 is 18.4. The Labute approximate surface area is 154 Å². The molecule has 0 saturated carbocycles. The van der Waals surface area contributed by atoms with Crippen molar-refractivity contribution in [3.8, 4) is 23.1 Å². The summed E-state index contributed by atoms with van der Waals surface area (Å²) in [5, 5.41) is 15.8. The number of benzene rings is 2. The van der Waals surface area contributed by atoms with E-state index in [1.807, 2.05) is 42.6 Å². The molecule has 3 rings (SSSR count). The third-order valence-corrected chi connectivity index (χ3v) is 4.26. The van der Waals surface area contributed by atoms with Gasteiger partial charge in [-0.3, -0.25) is 5.43 Å². The smallest absolute Gasteiger partial charge is 0.196 e. The van der Waals surface area contributed by atoms with Gasteiger partial charge < -0.3 is 4.74 Å². The Hall–Kier alpha value is -3.24. The third-order valence-electron chi connectivity index (χ3n) is 3.41. The minimum Gasteiger partial charge on any atom is -0.494 e. The Morgan fingerprint density at radius 1 is 1.23 bits per heavy atom. The lowest BCUT2D eigenvalue weighted by Crippen LogP contribution is -2.01. The molecule has 0 aliphatic rings. The second kappa shape index (κ2) is 8.23. The molecule has 0 aliphatic carbocycles. The molecule has 1 aromatic heterocycles. The highest BCUT2D eigenvalue weighted by Crippen LogP contribution is 2.23. The molecule has 26 heavy (non-hydrogen) atoms. The van der Waals surface area contributed by atoms with Crippen LogP contribution < -0.4 is 10.2 Å². The second-order valence-electron chi connectivity index (χ2n) is 5.19. The fourth-order valence-electron chi connectivity index (χ4n) is 2.17. The normalized spacial score (nSPS) is 11.0. The number of aromatic nitrogens is 1. The lowest BCUT2D eigenvalue weighted by Gasteiger charge is -2.04. The van der Waals surface area contributed by atoms with Crippen LogP contribution in [0.3, 0.4) is 0 Å². The van der Waals surface area contributed by atoms with E-state index < -0.39 is 0 Å². The molecule has 5 nitrogen and oxygen atoms in total. The van der Waals surface area contributed by atoms with Gasteiger partial charge in [0, 0.05) is 10.9 Å². The first-order valence-electron chi connectivity index (χ1n) is 7.88. The zero-order chi connectivity index (χ0) is 18.4. The molecule has 0 unspecified atom stereocenters. The fraction of sp³-hybridized carbons (Fsp3) is 0.105. The Morgan fingerprint density at radius 3 is 2.62 bits per heavy atom. The van der Waals surface area contributed by atoms with Gasteiger partial charge >= 0.3 is 0 Å².